The van der Waals surface area contributed by atoms with Crippen LogP contribution in [0.3, 0.4) is 0 Å². The highest BCUT2D eigenvalue weighted by molar-refractivity contribution is 6.29. The summed E-state index contributed by atoms with van der Waals surface area (Å²) in [4.78, 5) is 72.8. The largest absolute Gasteiger partial charge is 0.507 e. The molecule has 6 rings (SSSR count). The van der Waals surface area contributed by atoms with Crippen molar-refractivity contribution in [1.29, 1.82) is 0 Å². The summed E-state index contributed by atoms with van der Waals surface area (Å²) in [6.45, 7) is 15.4. The van der Waals surface area contributed by atoms with E-state index >= 15 is 0 Å². The van der Waals surface area contributed by atoms with Crippen molar-refractivity contribution >= 4 is 34.7 Å². The van der Waals surface area contributed by atoms with Crippen molar-refractivity contribution in [3.63, 3.8) is 0 Å². The van der Waals surface area contributed by atoms with Crippen LogP contribution in [0.25, 0.3) is 0 Å². The zero-order valence-electron chi connectivity index (χ0n) is 35.8. The second-order valence-corrected chi connectivity index (χ2v) is 15.4. The van der Waals surface area contributed by atoms with Crippen LogP contribution in [0.4, 0.5) is 0 Å². The van der Waals surface area contributed by atoms with Gasteiger partial charge in [0.25, 0.3) is 0 Å². The molecule has 0 amide bonds. The zero-order valence-corrected chi connectivity index (χ0v) is 35.8. The number of hydrogen-bond acceptors (Lipinski definition) is 8. The number of fused-ring (bicyclic) bond motifs is 4. The minimum Gasteiger partial charge on any atom is -0.507 e. The number of ketones is 6. The van der Waals surface area contributed by atoms with E-state index in [-0.39, 0.29) is 56.9 Å². The fraction of sp³-hybridized carbons (Fsp3) is 0.440. The number of rotatable bonds is 12. The first-order valence-electron chi connectivity index (χ1n) is 21.0. The van der Waals surface area contributed by atoms with E-state index in [9.17, 15) is 39.0 Å². The molecule has 2 N–H and O–H groups in total. The number of phenols is 1. The van der Waals surface area contributed by atoms with E-state index < -0.39 is 17.8 Å². The second-order valence-electron chi connectivity index (χ2n) is 15.4. The number of carbonyl (C=O) groups is 6. The third-order valence-electron chi connectivity index (χ3n) is 10.8. The Hall–Kier alpha value is -5.08. The standard InChI is InChI=1S/C17H14O4.C17H12O4.2C8H18/c2*1-8-6-12-13(7-11(8)9(2)18)17(21)15-10(16(12)20)4-3-5-14(15)19;2*1-3-5-7-8-6-4-2/h3-7,15,17,21H,1-2H3;3-7,19H,1-2H3;2*3-8H2,1-2H3/t15-,17-;;;/m0.../s1. The van der Waals surface area contributed by atoms with E-state index in [1.54, 1.807) is 32.1 Å². The molecule has 3 aliphatic carbocycles. The number of allylic oxidation sites excluding steroid dienone is 3. The molecule has 0 heterocycles. The van der Waals surface area contributed by atoms with Crippen molar-refractivity contribution in [2.75, 3.05) is 0 Å². The molecule has 0 fully saturated rings. The van der Waals surface area contributed by atoms with Crippen molar-refractivity contribution in [1.82, 2.24) is 0 Å². The molecule has 3 aliphatic rings. The Bertz CT molecular complexity index is 2040. The zero-order chi connectivity index (χ0) is 43.1. The molecule has 0 aromatic heterocycles. The lowest BCUT2D eigenvalue weighted by Gasteiger charge is -2.31. The van der Waals surface area contributed by atoms with Crippen LogP contribution in [0.15, 0.2) is 66.3 Å². The van der Waals surface area contributed by atoms with Gasteiger partial charge >= 0.3 is 0 Å². The Morgan fingerprint density at radius 3 is 1.59 bits per heavy atom. The predicted molar refractivity (Wildman–Crippen MR) is 230 cm³/mol. The average Bonchev–Trinajstić information content (AvgIpc) is 3.19. The van der Waals surface area contributed by atoms with Crippen LogP contribution in [-0.2, 0) is 4.79 Å². The second kappa shape index (κ2) is 22.8. The Kier molecular flexibility index (Phi) is 18.6. The van der Waals surface area contributed by atoms with Crippen LogP contribution in [0.2, 0.25) is 0 Å². The van der Waals surface area contributed by atoms with Crippen molar-refractivity contribution < 1.29 is 39.0 Å². The number of unbranched alkanes of at least 4 members (excludes halogenated alkanes) is 10. The van der Waals surface area contributed by atoms with E-state index in [1.165, 1.54) is 133 Å². The number of aryl methyl sites for hydroxylation is 2. The predicted octanol–water partition coefficient (Wildman–Crippen LogP) is 11.5. The molecule has 0 radical (unpaired) electrons. The highest BCUT2D eigenvalue weighted by atomic mass is 16.3. The monoisotopic (exact) mass is 790 g/mol. The van der Waals surface area contributed by atoms with Gasteiger partial charge in [-0.05, 0) is 80.8 Å². The summed E-state index contributed by atoms with van der Waals surface area (Å²) >= 11 is 0. The summed E-state index contributed by atoms with van der Waals surface area (Å²) in [5, 5.41) is 20.3. The van der Waals surface area contributed by atoms with Crippen LogP contribution in [0, 0.1) is 19.8 Å². The highest BCUT2D eigenvalue weighted by Gasteiger charge is 2.42. The minimum atomic E-state index is -1.10. The summed E-state index contributed by atoms with van der Waals surface area (Å²) in [6.07, 6.45) is 20.3. The lowest BCUT2D eigenvalue weighted by Crippen LogP contribution is -2.34. The molecule has 8 nitrogen and oxygen atoms in total. The number of carbonyl (C=O) groups excluding carboxylic acids is 6. The summed E-state index contributed by atoms with van der Waals surface area (Å²) in [6, 6.07) is 10.6. The molecule has 58 heavy (non-hydrogen) atoms. The van der Waals surface area contributed by atoms with Crippen LogP contribution in [0.5, 0.6) is 5.75 Å². The summed E-state index contributed by atoms with van der Waals surface area (Å²) in [5.74, 6) is -2.67. The molecule has 0 bridgehead atoms. The van der Waals surface area contributed by atoms with Crippen LogP contribution < -0.4 is 0 Å². The molecule has 3 aromatic rings. The van der Waals surface area contributed by atoms with E-state index in [2.05, 4.69) is 27.7 Å². The van der Waals surface area contributed by atoms with Crippen LogP contribution in [-0.4, -0.2) is 44.9 Å². The van der Waals surface area contributed by atoms with Crippen molar-refractivity contribution in [2.24, 2.45) is 5.92 Å². The van der Waals surface area contributed by atoms with Gasteiger partial charge in [-0.15, -0.1) is 0 Å². The fourth-order valence-electron chi connectivity index (χ4n) is 7.45. The van der Waals surface area contributed by atoms with Crippen molar-refractivity contribution in [2.45, 2.75) is 139 Å². The molecule has 310 valence electrons. The molecule has 3 aromatic carbocycles. The van der Waals surface area contributed by atoms with Crippen LogP contribution >= 0.6 is 0 Å². The third kappa shape index (κ3) is 11.5. The number of phenolic OH excluding ortho intramolecular Hbond substituents is 1. The topological polar surface area (TPSA) is 143 Å². The number of aliphatic hydroxyl groups is 1. The average molecular weight is 791 g/mol. The first kappa shape index (κ1) is 47.3. The van der Waals surface area contributed by atoms with Gasteiger partial charge in [-0.3, -0.25) is 28.8 Å². The molecule has 8 heteroatoms. The van der Waals surface area contributed by atoms with Gasteiger partial charge in [0.2, 0.25) is 0 Å². The maximum Gasteiger partial charge on any atom is 0.198 e. The molecular weight excluding hydrogens is 729 g/mol. The molecule has 2 atom stereocenters. The molecule has 0 aliphatic heterocycles. The number of Topliss-reactive ketones (excluding diaryl/α,β-unsaturated/α-hetero) is 3. The van der Waals surface area contributed by atoms with Gasteiger partial charge in [0.05, 0.1) is 17.6 Å². The van der Waals surface area contributed by atoms with Crippen molar-refractivity contribution in [3.8, 4) is 5.75 Å². The van der Waals surface area contributed by atoms with Gasteiger partial charge in [-0.1, -0.05) is 129 Å². The van der Waals surface area contributed by atoms with Gasteiger partial charge in [0, 0.05) is 39.0 Å². The van der Waals surface area contributed by atoms with Gasteiger partial charge in [-0.25, -0.2) is 0 Å². The van der Waals surface area contributed by atoms with Crippen molar-refractivity contribution in [3.05, 3.63) is 122 Å². The minimum absolute atomic E-state index is 0.00774. The lowest BCUT2D eigenvalue weighted by molar-refractivity contribution is -0.120. The molecule has 0 saturated heterocycles. The van der Waals surface area contributed by atoms with E-state index in [1.807, 2.05) is 0 Å². The Balaban J connectivity index is 0.000000228. The molecule has 0 saturated carbocycles. The smallest absolute Gasteiger partial charge is 0.198 e. The molecular formula is C50H62O8. The van der Waals surface area contributed by atoms with Crippen LogP contribution in [0.1, 0.15) is 204 Å². The summed E-state index contributed by atoms with van der Waals surface area (Å²) in [5.41, 5.74) is 3.93. The number of benzene rings is 3. The van der Waals surface area contributed by atoms with Gasteiger partial charge < -0.3 is 10.2 Å². The Morgan fingerprint density at radius 1 is 0.603 bits per heavy atom. The SMILES string of the molecule is CC(=O)c1cc2c(cc1C)C(=O)C1=CC=CC(=O)[C@H]1[C@H]2O.CC(=O)c1cc2c(cc1C)C(=O)c1cccc(O)c1C2=O.CCCCCCCC.CCCCCCCC. The van der Waals surface area contributed by atoms with Gasteiger partial charge in [0.15, 0.2) is 34.7 Å². The maximum atomic E-state index is 12.5. The number of hydrogen-bond donors (Lipinski definition) is 2. The fourth-order valence-corrected chi connectivity index (χ4v) is 7.45. The highest BCUT2D eigenvalue weighted by Crippen LogP contribution is 2.41. The van der Waals surface area contributed by atoms with E-state index in [0.29, 0.717) is 39.0 Å². The maximum absolute atomic E-state index is 12.5. The van der Waals surface area contributed by atoms with E-state index in [0.717, 1.165) is 0 Å². The quantitative estimate of drug-likeness (QED) is 0.107. The Labute approximate surface area is 344 Å². The van der Waals surface area contributed by atoms with Gasteiger partial charge in [0.1, 0.15) is 5.75 Å². The van der Waals surface area contributed by atoms with E-state index in [4.69, 9.17) is 0 Å². The summed E-state index contributed by atoms with van der Waals surface area (Å²) in [7, 11) is 0. The molecule has 0 unspecified atom stereocenters. The lowest BCUT2D eigenvalue weighted by atomic mass is 9.72. The summed E-state index contributed by atoms with van der Waals surface area (Å²) < 4.78 is 0. The number of aliphatic hydroxyl groups excluding tert-OH is 1. The molecule has 0 spiro atoms. The first-order chi connectivity index (χ1) is 27.7. The first-order valence-corrected chi connectivity index (χ1v) is 21.0. The Morgan fingerprint density at radius 2 is 1.09 bits per heavy atom. The normalized spacial score (nSPS) is 15.8. The van der Waals surface area contributed by atoms with Gasteiger partial charge in [-0.2, -0.15) is 0 Å². The third-order valence-corrected chi connectivity index (χ3v) is 10.8. The number of aromatic hydroxyl groups is 1.